The summed E-state index contributed by atoms with van der Waals surface area (Å²) in [5.41, 5.74) is 3.37. The lowest BCUT2D eigenvalue weighted by molar-refractivity contribution is 0.848. The Morgan fingerprint density at radius 3 is 1.81 bits per heavy atom. The zero-order chi connectivity index (χ0) is 12.1. The van der Waals surface area contributed by atoms with Crippen molar-refractivity contribution in [2.75, 3.05) is 0 Å². The van der Waals surface area contributed by atoms with E-state index >= 15 is 0 Å². The second kappa shape index (κ2) is 3.57. The fourth-order valence-corrected chi connectivity index (χ4v) is 8.59. The fraction of sp³-hybridized carbons (Fsp3) is 0.571. The van der Waals surface area contributed by atoms with Gasteiger partial charge in [-0.05, 0) is 24.0 Å². The van der Waals surface area contributed by atoms with E-state index in [1.54, 1.807) is 16.3 Å². The molecule has 0 aliphatic heterocycles. The second-order valence-electron chi connectivity index (χ2n) is 7.13. The summed E-state index contributed by atoms with van der Waals surface area (Å²) in [6, 6.07) is 4.86. The highest BCUT2D eigenvalue weighted by molar-refractivity contribution is 6.98. The van der Waals surface area contributed by atoms with Crippen LogP contribution in [-0.4, -0.2) is 16.1 Å². The smallest absolute Gasteiger partial charge is 0.0656 e. The number of benzene rings is 1. The molecule has 0 heterocycles. The molecule has 0 unspecified atom stereocenters. The molecule has 0 fully saturated rings. The van der Waals surface area contributed by atoms with Crippen LogP contribution < -0.4 is 10.4 Å². The predicted molar refractivity (Wildman–Crippen MR) is 79.8 cm³/mol. The van der Waals surface area contributed by atoms with E-state index in [0.29, 0.717) is 0 Å². The molecule has 1 aromatic rings. The zero-order valence-corrected chi connectivity index (χ0v) is 13.6. The molecule has 0 atom stereocenters. The summed E-state index contributed by atoms with van der Waals surface area (Å²) in [5, 5.41) is 3.56. The lowest BCUT2D eigenvalue weighted by Crippen LogP contribution is -2.59. The molecule has 0 bridgehead atoms. The van der Waals surface area contributed by atoms with Crippen LogP contribution in [0.25, 0.3) is 0 Å². The second-order valence-corrected chi connectivity index (χ2v) is 17.2. The minimum atomic E-state index is -1.18. The normalized spacial score (nSPS) is 15.6. The zero-order valence-electron chi connectivity index (χ0n) is 11.6. The van der Waals surface area contributed by atoms with Crippen LogP contribution in [0.1, 0.15) is 11.1 Å². The van der Waals surface area contributed by atoms with Gasteiger partial charge in [0.2, 0.25) is 0 Å². The van der Waals surface area contributed by atoms with Crippen LogP contribution in [0.2, 0.25) is 39.3 Å². The fourth-order valence-electron chi connectivity index (χ4n) is 2.78. The molecule has 0 nitrogen and oxygen atoms in total. The first-order valence-corrected chi connectivity index (χ1v) is 13.4. The van der Waals surface area contributed by atoms with E-state index < -0.39 is 16.1 Å². The molecule has 0 radical (unpaired) electrons. The monoisotopic (exact) mass is 248 g/mol. The molecule has 0 aromatic heterocycles. The van der Waals surface area contributed by atoms with Crippen molar-refractivity contribution >= 4 is 26.5 Å². The van der Waals surface area contributed by atoms with Crippen molar-refractivity contribution in [3.63, 3.8) is 0 Å². The van der Waals surface area contributed by atoms with Gasteiger partial charge in [-0.3, -0.25) is 0 Å². The SMILES string of the molecule is C[Si](C)(C)c1ccc2c(c1[Si](C)(C)C)CC2. The van der Waals surface area contributed by atoms with E-state index in [1.165, 1.54) is 12.8 Å². The third-order valence-electron chi connectivity index (χ3n) is 3.61. The van der Waals surface area contributed by atoms with Crippen LogP contribution >= 0.6 is 0 Å². The van der Waals surface area contributed by atoms with Crippen molar-refractivity contribution in [3.05, 3.63) is 23.3 Å². The van der Waals surface area contributed by atoms with Gasteiger partial charge in [0.15, 0.2) is 0 Å². The van der Waals surface area contributed by atoms with E-state index in [4.69, 9.17) is 0 Å². The number of aryl methyl sites for hydroxylation is 1. The minimum absolute atomic E-state index is 1.17. The van der Waals surface area contributed by atoms with Gasteiger partial charge in [0.1, 0.15) is 0 Å². The summed E-state index contributed by atoms with van der Waals surface area (Å²) in [6.07, 6.45) is 2.66. The maximum absolute atomic E-state index is 2.50. The third-order valence-corrected chi connectivity index (χ3v) is 7.97. The Morgan fingerprint density at radius 1 is 0.812 bits per heavy atom. The van der Waals surface area contributed by atoms with Gasteiger partial charge in [0.25, 0.3) is 0 Å². The first-order valence-electron chi connectivity index (χ1n) is 6.37. The molecule has 2 heteroatoms. The molecule has 88 valence electrons. The predicted octanol–water partition coefficient (Wildman–Crippen LogP) is 2.88. The maximum Gasteiger partial charge on any atom is 0.0778 e. The van der Waals surface area contributed by atoms with Crippen molar-refractivity contribution < 1.29 is 0 Å². The molecule has 1 aliphatic carbocycles. The van der Waals surface area contributed by atoms with Gasteiger partial charge in [0.05, 0.1) is 16.1 Å². The van der Waals surface area contributed by atoms with Crippen molar-refractivity contribution in [1.29, 1.82) is 0 Å². The first-order chi connectivity index (χ1) is 7.21. The van der Waals surface area contributed by atoms with Crippen LogP contribution in [-0.2, 0) is 12.8 Å². The Balaban J connectivity index is 2.67. The van der Waals surface area contributed by atoms with Gasteiger partial charge >= 0.3 is 0 Å². The van der Waals surface area contributed by atoms with E-state index in [-0.39, 0.29) is 0 Å². The van der Waals surface area contributed by atoms with Crippen molar-refractivity contribution in [2.24, 2.45) is 0 Å². The lowest BCUT2D eigenvalue weighted by atomic mass is 9.89. The van der Waals surface area contributed by atoms with Gasteiger partial charge in [0, 0.05) is 0 Å². The van der Waals surface area contributed by atoms with E-state index in [9.17, 15) is 0 Å². The highest BCUT2D eigenvalue weighted by atomic mass is 28.3. The van der Waals surface area contributed by atoms with Crippen molar-refractivity contribution in [2.45, 2.75) is 52.1 Å². The highest BCUT2D eigenvalue weighted by Crippen LogP contribution is 2.23. The Morgan fingerprint density at radius 2 is 1.44 bits per heavy atom. The quantitative estimate of drug-likeness (QED) is 0.706. The molecule has 0 spiro atoms. The van der Waals surface area contributed by atoms with Crippen LogP contribution in [0, 0.1) is 0 Å². The average molecular weight is 249 g/mol. The summed E-state index contributed by atoms with van der Waals surface area (Å²) in [6.45, 7) is 15.0. The maximum atomic E-state index is 2.50. The number of rotatable bonds is 2. The van der Waals surface area contributed by atoms with E-state index in [2.05, 4.69) is 51.4 Å². The van der Waals surface area contributed by atoms with Gasteiger partial charge in [-0.25, -0.2) is 0 Å². The van der Waals surface area contributed by atoms with Crippen molar-refractivity contribution in [1.82, 2.24) is 0 Å². The van der Waals surface area contributed by atoms with Gasteiger partial charge in [-0.15, -0.1) is 0 Å². The summed E-state index contributed by atoms with van der Waals surface area (Å²) >= 11 is 0. The Labute approximate surface area is 102 Å². The standard InChI is InChI=1S/C14H24Si2/c1-15(2,3)13-10-8-11-7-9-12(11)14(13)16(4,5)6/h8,10H,7,9H2,1-6H3. The molecule has 1 aromatic carbocycles. The molecule has 0 saturated heterocycles. The molecule has 0 amide bonds. The minimum Gasteiger partial charge on any atom is -0.0656 e. The lowest BCUT2D eigenvalue weighted by Gasteiger charge is -2.35. The molecule has 0 saturated carbocycles. The molecular weight excluding hydrogens is 224 g/mol. The average Bonchev–Trinajstić information content (AvgIpc) is 2.02. The van der Waals surface area contributed by atoms with Gasteiger partial charge in [-0.1, -0.05) is 61.8 Å². The highest BCUT2D eigenvalue weighted by Gasteiger charge is 2.32. The number of hydrogen-bond acceptors (Lipinski definition) is 0. The van der Waals surface area contributed by atoms with Gasteiger partial charge < -0.3 is 0 Å². The molecule has 1 aliphatic rings. The summed E-state index contributed by atoms with van der Waals surface area (Å²) in [4.78, 5) is 0. The third kappa shape index (κ3) is 1.93. The Kier molecular flexibility index (Phi) is 2.71. The number of hydrogen-bond donors (Lipinski definition) is 0. The number of fused-ring (bicyclic) bond motifs is 1. The molecule has 16 heavy (non-hydrogen) atoms. The van der Waals surface area contributed by atoms with E-state index in [1.807, 2.05) is 5.19 Å². The van der Waals surface area contributed by atoms with Crippen LogP contribution in [0.4, 0.5) is 0 Å². The molecular formula is C14H24Si2. The summed E-state index contributed by atoms with van der Waals surface area (Å²) < 4.78 is 0. The topological polar surface area (TPSA) is 0 Å². The summed E-state index contributed by atoms with van der Waals surface area (Å²) in [7, 11) is -2.35. The molecule has 2 rings (SSSR count). The Hall–Kier alpha value is -0.346. The molecule has 0 N–H and O–H groups in total. The summed E-state index contributed by atoms with van der Waals surface area (Å²) in [5.74, 6) is 0. The van der Waals surface area contributed by atoms with Crippen LogP contribution in [0.5, 0.6) is 0 Å². The van der Waals surface area contributed by atoms with Crippen LogP contribution in [0.15, 0.2) is 12.1 Å². The van der Waals surface area contributed by atoms with Crippen molar-refractivity contribution in [3.8, 4) is 0 Å². The van der Waals surface area contributed by atoms with Gasteiger partial charge in [-0.2, -0.15) is 0 Å². The van der Waals surface area contributed by atoms with E-state index in [0.717, 1.165) is 0 Å². The largest absolute Gasteiger partial charge is 0.0778 e. The first kappa shape index (κ1) is 12.1. The van der Waals surface area contributed by atoms with Crippen LogP contribution in [0.3, 0.4) is 0 Å². The Bertz CT molecular complexity index is 420.